The third-order valence-corrected chi connectivity index (χ3v) is 3.29. The van der Waals surface area contributed by atoms with Crippen LogP contribution in [0.1, 0.15) is 11.3 Å². The lowest BCUT2D eigenvalue weighted by atomic mass is 10.1. The second-order valence-corrected chi connectivity index (χ2v) is 4.64. The number of ether oxygens (including phenoxy) is 2. The molecule has 0 saturated carbocycles. The van der Waals surface area contributed by atoms with Gasteiger partial charge in [0.2, 0.25) is 0 Å². The monoisotopic (exact) mass is 268 g/mol. The minimum Gasteiger partial charge on any atom is -0.497 e. The molecule has 0 spiro atoms. The summed E-state index contributed by atoms with van der Waals surface area (Å²) in [4.78, 5) is 0. The fourth-order valence-corrected chi connectivity index (χ4v) is 2.26. The van der Waals surface area contributed by atoms with E-state index in [1.807, 2.05) is 36.4 Å². The second-order valence-electron chi connectivity index (χ2n) is 4.64. The molecule has 0 aliphatic heterocycles. The van der Waals surface area contributed by atoms with Crippen LogP contribution >= 0.6 is 0 Å². The standard InChI is InChI=1S/C17H16O3/c1-18-14-5-3-4-12(8-14)9-16-10-13-6-7-15(19-2)11-17(13)20-16/h3-8,10-11H,9H2,1-2H3. The summed E-state index contributed by atoms with van der Waals surface area (Å²) in [6, 6.07) is 15.9. The molecule has 3 aromatic rings. The Morgan fingerprint density at radius 2 is 1.70 bits per heavy atom. The topological polar surface area (TPSA) is 31.6 Å². The summed E-state index contributed by atoms with van der Waals surface area (Å²) >= 11 is 0. The maximum atomic E-state index is 5.87. The number of benzene rings is 2. The number of furan rings is 1. The van der Waals surface area contributed by atoms with Gasteiger partial charge in [-0.2, -0.15) is 0 Å². The molecule has 0 fully saturated rings. The van der Waals surface area contributed by atoms with Gasteiger partial charge in [-0.1, -0.05) is 12.1 Å². The number of fused-ring (bicyclic) bond motifs is 1. The zero-order chi connectivity index (χ0) is 13.9. The van der Waals surface area contributed by atoms with Crippen LogP contribution in [0.4, 0.5) is 0 Å². The van der Waals surface area contributed by atoms with Gasteiger partial charge >= 0.3 is 0 Å². The van der Waals surface area contributed by atoms with Gasteiger partial charge in [-0.15, -0.1) is 0 Å². The molecule has 1 aromatic heterocycles. The molecule has 102 valence electrons. The van der Waals surface area contributed by atoms with Gasteiger partial charge in [0.1, 0.15) is 22.8 Å². The van der Waals surface area contributed by atoms with Crippen LogP contribution in [0.5, 0.6) is 11.5 Å². The smallest absolute Gasteiger partial charge is 0.137 e. The van der Waals surface area contributed by atoms with E-state index in [0.29, 0.717) is 0 Å². The minimum atomic E-state index is 0.744. The van der Waals surface area contributed by atoms with Gasteiger partial charge in [-0.05, 0) is 35.9 Å². The van der Waals surface area contributed by atoms with Crippen LogP contribution in [-0.2, 0) is 6.42 Å². The molecule has 3 rings (SSSR count). The van der Waals surface area contributed by atoms with Crippen LogP contribution in [0.2, 0.25) is 0 Å². The normalized spacial score (nSPS) is 10.7. The van der Waals surface area contributed by atoms with E-state index in [1.54, 1.807) is 14.2 Å². The molecule has 0 atom stereocenters. The van der Waals surface area contributed by atoms with Crippen LogP contribution in [0.25, 0.3) is 11.0 Å². The highest BCUT2D eigenvalue weighted by molar-refractivity contribution is 5.79. The Hall–Kier alpha value is -2.42. The van der Waals surface area contributed by atoms with Crippen molar-refractivity contribution >= 4 is 11.0 Å². The first-order valence-corrected chi connectivity index (χ1v) is 6.48. The van der Waals surface area contributed by atoms with Crippen molar-refractivity contribution in [2.75, 3.05) is 14.2 Å². The van der Waals surface area contributed by atoms with Gasteiger partial charge < -0.3 is 13.9 Å². The van der Waals surface area contributed by atoms with Crippen molar-refractivity contribution in [2.45, 2.75) is 6.42 Å². The van der Waals surface area contributed by atoms with Crippen LogP contribution in [-0.4, -0.2) is 14.2 Å². The zero-order valence-corrected chi connectivity index (χ0v) is 11.6. The van der Waals surface area contributed by atoms with Gasteiger partial charge in [0.05, 0.1) is 14.2 Å². The van der Waals surface area contributed by atoms with Crippen LogP contribution in [0.15, 0.2) is 52.9 Å². The minimum absolute atomic E-state index is 0.744. The number of rotatable bonds is 4. The summed E-state index contributed by atoms with van der Waals surface area (Å²) in [7, 11) is 3.33. The van der Waals surface area contributed by atoms with Crippen molar-refractivity contribution in [2.24, 2.45) is 0 Å². The third-order valence-electron chi connectivity index (χ3n) is 3.29. The van der Waals surface area contributed by atoms with Crippen molar-refractivity contribution in [3.63, 3.8) is 0 Å². The molecular weight excluding hydrogens is 252 g/mol. The molecular formula is C17H16O3. The molecule has 3 nitrogen and oxygen atoms in total. The van der Waals surface area contributed by atoms with Crippen molar-refractivity contribution in [3.05, 3.63) is 59.9 Å². The van der Waals surface area contributed by atoms with E-state index >= 15 is 0 Å². The lowest BCUT2D eigenvalue weighted by Gasteiger charge is -2.02. The Balaban J connectivity index is 1.90. The van der Waals surface area contributed by atoms with E-state index in [-0.39, 0.29) is 0 Å². The highest BCUT2D eigenvalue weighted by Crippen LogP contribution is 2.26. The van der Waals surface area contributed by atoms with Crippen molar-refractivity contribution in [1.82, 2.24) is 0 Å². The molecule has 0 N–H and O–H groups in total. The molecule has 1 heterocycles. The molecule has 0 bridgehead atoms. The molecule has 0 saturated heterocycles. The molecule has 0 amide bonds. The maximum absolute atomic E-state index is 5.87. The van der Waals surface area contributed by atoms with Gasteiger partial charge in [0.25, 0.3) is 0 Å². The Labute approximate surface area is 117 Å². The predicted octanol–water partition coefficient (Wildman–Crippen LogP) is 4.04. The Bertz CT molecular complexity index is 728. The van der Waals surface area contributed by atoms with Gasteiger partial charge in [-0.3, -0.25) is 0 Å². The molecule has 3 heteroatoms. The van der Waals surface area contributed by atoms with E-state index in [4.69, 9.17) is 13.9 Å². The van der Waals surface area contributed by atoms with Crippen molar-refractivity contribution in [1.29, 1.82) is 0 Å². The Morgan fingerprint density at radius 3 is 2.50 bits per heavy atom. The highest BCUT2D eigenvalue weighted by atomic mass is 16.5. The molecule has 0 aliphatic carbocycles. The van der Waals surface area contributed by atoms with Crippen molar-refractivity contribution < 1.29 is 13.9 Å². The van der Waals surface area contributed by atoms with Gasteiger partial charge in [0.15, 0.2) is 0 Å². The quantitative estimate of drug-likeness (QED) is 0.715. The average molecular weight is 268 g/mol. The number of methoxy groups -OCH3 is 2. The first-order valence-electron chi connectivity index (χ1n) is 6.48. The maximum Gasteiger partial charge on any atom is 0.137 e. The largest absolute Gasteiger partial charge is 0.497 e. The number of hydrogen-bond acceptors (Lipinski definition) is 3. The third kappa shape index (κ3) is 2.48. The highest BCUT2D eigenvalue weighted by Gasteiger charge is 2.06. The van der Waals surface area contributed by atoms with Crippen LogP contribution < -0.4 is 9.47 Å². The number of hydrogen-bond donors (Lipinski definition) is 0. The summed E-state index contributed by atoms with van der Waals surface area (Å²) in [5, 5.41) is 1.09. The molecule has 0 unspecified atom stereocenters. The molecule has 0 radical (unpaired) electrons. The fourth-order valence-electron chi connectivity index (χ4n) is 2.26. The van der Waals surface area contributed by atoms with Gasteiger partial charge in [0, 0.05) is 17.9 Å². The first-order chi connectivity index (χ1) is 9.78. The van der Waals surface area contributed by atoms with E-state index in [0.717, 1.165) is 40.2 Å². The van der Waals surface area contributed by atoms with E-state index in [2.05, 4.69) is 12.1 Å². The molecule has 2 aromatic carbocycles. The summed E-state index contributed by atoms with van der Waals surface area (Å²) in [5.41, 5.74) is 2.01. The summed E-state index contributed by atoms with van der Waals surface area (Å²) < 4.78 is 16.3. The second kappa shape index (κ2) is 5.29. The summed E-state index contributed by atoms with van der Waals surface area (Å²) in [5.74, 6) is 2.60. The lowest BCUT2D eigenvalue weighted by Crippen LogP contribution is -1.88. The molecule has 0 aliphatic rings. The van der Waals surface area contributed by atoms with Crippen molar-refractivity contribution in [3.8, 4) is 11.5 Å². The predicted molar refractivity (Wildman–Crippen MR) is 78.6 cm³/mol. The Kier molecular flexibility index (Phi) is 3.33. The average Bonchev–Trinajstić information content (AvgIpc) is 2.88. The van der Waals surface area contributed by atoms with E-state index in [9.17, 15) is 0 Å². The first kappa shape index (κ1) is 12.6. The zero-order valence-electron chi connectivity index (χ0n) is 11.6. The SMILES string of the molecule is COc1cccc(Cc2cc3ccc(OC)cc3o2)c1. The summed E-state index contributed by atoms with van der Waals surface area (Å²) in [6.07, 6.45) is 0.744. The van der Waals surface area contributed by atoms with E-state index in [1.165, 1.54) is 0 Å². The fraction of sp³-hybridized carbons (Fsp3) is 0.176. The van der Waals surface area contributed by atoms with Gasteiger partial charge in [-0.25, -0.2) is 0 Å². The molecule has 20 heavy (non-hydrogen) atoms. The van der Waals surface area contributed by atoms with E-state index < -0.39 is 0 Å². The van der Waals surface area contributed by atoms with Crippen LogP contribution in [0.3, 0.4) is 0 Å². The summed E-state index contributed by atoms with van der Waals surface area (Å²) in [6.45, 7) is 0. The lowest BCUT2D eigenvalue weighted by molar-refractivity contribution is 0.414. The van der Waals surface area contributed by atoms with Crippen LogP contribution in [0, 0.1) is 0 Å². The Morgan fingerprint density at radius 1 is 0.900 bits per heavy atom.